The number of benzene rings is 2. The molecule has 0 aliphatic rings. The number of aromatic amines is 1. The zero-order valence-corrected chi connectivity index (χ0v) is 16.8. The summed E-state index contributed by atoms with van der Waals surface area (Å²) in [5.41, 5.74) is 0.148. The number of aromatic nitrogens is 4. The molecule has 0 saturated carbocycles. The molecule has 0 fully saturated rings. The average Bonchev–Trinajstić information content (AvgIpc) is 3.17. The van der Waals surface area contributed by atoms with E-state index in [1.807, 2.05) is 0 Å². The molecule has 0 radical (unpaired) electrons. The number of thioether (sulfide) groups is 1. The van der Waals surface area contributed by atoms with Crippen LogP contribution in [0, 0.1) is 5.82 Å². The summed E-state index contributed by atoms with van der Waals surface area (Å²) < 4.78 is 52.1. The third-order valence-electron chi connectivity index (χ3n) is 4.35. The third-order valence-corrected chi connectivity index (χ3v) is 5.22. The fraction of sp³-hybridized carbons (Fsp3) is 0.100. The van der Waals surface area contributed by atoms with Crippen molar-refractivity contribution in [1.29, 1.82) is 0 Å². The Hall–Kier alpha value is -3.67. The molecule has 0 unspecified atom stereocenters. The van der Waals surface area contributed by atoms with E-state index in [0.29, 0.717) is 11.1 Å². The van der Waals surface area contributed by atoms with Crippen LogP contribution in [0.15, 0.2) is 64.7 Å². The van der Waals surface area contributed by atoms with Crippen molar-refractivity contribution in [3.63, 3.8) is 0 Å². The van der Waals surface area contributed by atoms with Gasteiger partial charge in [-0.2, -0.15) is 22.8 Å². The van der Waals surface area contributed by atoms with Crippen LogP contribution in [0.1, 0.15) is 5.56 Å². The maximum atomic E-state index is 13.2. The second kappa shape index (κ2) is 8.46. The van der Waals surface area contributed by atoms with E-state index >= 15 is 0 Å². The molecule has 0 aliphatic heterocycles. The number of anilines is 1. The Morgan fingerprint density at radius 2 is 1.78 bits per heavy atom. The summed E-state index contributed by atoms with van der Waals surface area (Å²) >= 11 is 0.934. The van der Waals surface area contributed by atoms with E-state index in [-0.39, 0.29) is 22.2 Å². The minimum Gasteiger partial charge on any atom is -0.325 e. The molecule has 0 spiro atoms. The van der Waals surface area contributed by atoms with Gasteiger partial charge < -0.3 is 5.32 Å². The molecule has 0 aliphatic carbocycles. The number of fused-ring (bicyclic) bond motifs is 1. The molecule has 7 nitrogen and oxygen atoms in total. The molecular formula is C20H13F4N5O2S. The van der Waals surface area contributed by atoms with Crippen molar-refractivity contribution >= 4 is 29.0 Å². The van der Waals surface area contributed by atoms with E-state index in [1.54, 1.807) is 0 Å². The molecular weight excluding hydrogens is 450 g/mol. The van der Waals surface area contributed by atoms with E-state index in [4.69, 9.17) is 0 Å². The number of halogens is 4. The first-order valence-corrected chi connectivity index (χ1v) is 10.0. The highest BCUT2D eigenvalue weighted by molar-refractivity contribution is 7.99. The van der Waals surface area contributed by atoms with Crippen LogP contribution < -0.4 is 11.0 Å². The van der Waals surface area contributed by atoms with Gasteiger partial charge in [0.25, 0.3) is 0 Å². The molecule has 1 amide bonds. The number of nitrogens with one attached hydrogen (secondary N) is 2. The van der Waals surface area contributed by atoms with Gasteiger partial charge >= 0.3 is 11.9 Å². The van der Waals surface area contributed by atoms with Crippen molar-refractivity contribution in [1.82, 2.24) is 19.6 Å². The minimum atomic E-state index is -4.46. The second-order valence-electron chi connectivity index (χ2n) is 6.56. The SMILES string of the molecule is O=C(CSc1nc2c(-c3ccc(F)cc3)cnn2c(=O)[nH]1)Nc1ccc(C(F)(F)F)cc1. The van der Waals surface area contributed by atoms with E-state index in [1.165, 1.54) is 30.5 Å². The van der Waals surface area contributed by atoms with Crippen LogP contribution in [0.2, 0.25) is 0 Å². The highest BCUT2D eigenvalue weighted by atomic mass is 32.2. The molecule has 32 heavy (non-hydrogen) atoms. The summed E-state index contributed by atoms with van der Waals surface area (Å²) in [6.07, 6.45) is -3.04. The lowest BCUT2D eigenvalue weighted by molar-refractivity contribution is -0.137. The van der Waals surface area contributed by atoms with Crippen molar-refractivity contribution in [3.8, 4) is 11.1 Å². The average molecular weight is 463 g/mol. The molecule has 2 N–H and O–H groups in total. The number of carbonyl (C=O) groups is 1. The highest BCUT2D eigenvalue weighted by Gasteiger charge is 2.30. The van der Waals surface area contributed by atoms with Crippen LogP contribution in [-0.4, -0.2) is 31.2 Å². The van der Waals surface area contributed by atoms with Crippen LogP contribution in [0.25, 0.3) is 16.8 Å². The highest BCUT2D eigenvalue weighted by Crippen LogP contribution is 2.30. The lowest BCUT2D eigenvalue weighted by atomic mass is 10.1. The first-order valence-electron chi connectivity index (χ1n) is 9.04. The van der Waals surface area contributed by atoms with Crippen molar-refractivity contribution in [2.24, 2.45) is 0 Å². The lowest BCUT2D eigenvalue weighted by Crippen LogP contribution is -2.20. The first kappa shape index (κ1) is 21.6. The maximum Gasteiger partial charge on any atom is 0.416 e. The Kier molecular flexibility index (Phi) is 5.70. The fourth-order valence-electron chi connectivity index (χ4n) is 2.84. The lowest BCUT2D eigenvalue weighted by Gasteiger charge is -2.08. The maximum absolute atomic E-state index is 13.2. The number of amides is 1. The Balaban J connectivity index is 1.48. The Morgan fingerprint density at radius 1 is 1.09 bits per heavy atom. The summed E-state index contributed by atoms with van der Waals surface area (Å²) in [7, 11) is 0. The standard InChI is InChI=1S/C20H13F4N5O2S/c21-13-5-1-11(2-6-13)15-9-25-29-17(15)27-18(28-19(29)31)32-10-16(30)26-14-7-3-12(4-8-14)20(22,23)24/h1-9H,10H2,(H,26,30)(H,27,28,31). The van der Waals surface area contributed by atoms with E-state index in [9.17, 15) is 27.2 Å². The van der Waals surface area contributed by atoms with Gasteiger partial charge in [0, 0.05) is 11.3 Å². The zero-order valence-electron chi connectivity index (χ0n) is 16.0. The van der Waals surface area contributed by atoms with Gasteiger partial charge in [0.15, 0.2) is 10.8 Å². The summed E-state index contributed by atoms with van der Waals surface area (Å²) in [6, 6.07) is 9.63. The molecule has 0 saturated heterocycles. The number of carbonyl (C=O) groups excluding carboxylic acids is 1. The minimum absolute atomic E-state index is 0.147. The topological polar surface area (TPSA) is 92.2 Å². The first-order chi connectivity index (χ1) is 15.2. The number of hydrogen-bond donors (Lipinski definition) is 2. The van der Waals surface area contributed by atoms with Crippen molar-refractivity contribution in [2.45, 2.75) is 11.3 Å². The summed E-state index contributed by atoms with van der Waals surface area (Å²) in [6.45, 7) is 0. The second-order valence-corrected chi connectivity index (χ2v) is 7.52. The molecule has 4 rings (SSSR count). The van der Waals surface area contributed by atoms with Crippen LogP contribution in [0.5, 0.6) is 0 Å². The predicted molar refractivity (Wildman–Crippen MR) is 110 cm³/mol. The number of nitrogens with zero attached hydrogens (tertiary/aromatic N) is 3. The van der Waals surface area contributed by atoms with E-state index in [0.717, 1.165) is 40.5 Å². The van der Waals surface area contributed by atoms with Gasteiger partial charge in [-0.3, -0.25) is 9.78 Å². The molecule has 4 aromatic rings. The molecule has 0 bridgehead atoms. The number of alkyl halides is 3. The molecule has 0 atom stereocenters. The monoisotopic (exact) mass is 463 g/mol. The normalized spacial score (nSPS) is 11.6. The van der Waals surface area contributed by atoms with Gasteiger partial charge in [-0.15, -0.1) is 0 Å². The van der Waals surface area contributed by atoms with Crippen molar-refractivity contribution < 1.29 is 22.4 Å². The molecule has 2 heterocycles. The summed E-state index contributed by atoms with van der Waals surface area (Å²) in [4.78, 5) is 31.3. The van der Waals surface area contributed by atoms with Gasteiger partial charge in [0.2, 0.25) is 5.91 Å². The van der Waals surface area contributed by atoms with Crippen LogP contribution >= 0.6 is 11.8 Å². The fourth-order valence-corrected chi connectivity index (χ4v) is 3.49. The summed E-state index contributed by atoms with van der Waals surface area (Å²) in [5, 5.41) is 6.61. The molecule has 164 valence electrons. The predicted octanol–water partition coefficient (Wildman–Crippen LogP) is 3.97. The van der Waals surface area contributed by atoms with Crippen molar-refractivity contribution in [2.75, 3.05) is 11.1 Å². The molecule has 12 heteroatoms. The van der Waals surface area contributed by atoms with E-state index in [2.05, 4.69) is 20.4 Å². The Morgan fingerprint density at radius 3 is 2.44 bits per heavy atom. The largest absolute Gasteiger partial charge is 0.416 e. The van der Waals surface area contributed by atoms with Crippen LogP contribution in [0.3, 0.4) is 0 Å². The van der Waals surface area contributed by atoms with Gasteiger partial charge in [0.1, 0.15) is 5.82 Å². The van der Waals surface area contributed by atoms with Gasteiger partial charge in [-0.25, -0.2) is 14.2 Å². The summed E-state index contributed by atoms with van der Waals surface area (Å²) in [5.74, 6) is -1.06. The quantitative estimate of drug-likeness (QED) is 0.345. The Bertz CT molecular complexity index is 1330. The van der Waals surface area contributed by atoms with Gasteiger partial charge in [-0.05, 0) is 42.0 Å². The zero-order chi connectivity index (χ0) is 22.9. The van der Waals surface area contributed by atoms with Gasteiger partial charge in [0.05, 0.1) is 17.5 Å². The van der Waals surface area contributed by atoms with Crippen molar-refractivity contribution in [3.05, 3.63) is 76.6 Å². The number of H-pyrrole nitrogens is 1. The van der Waals surface area contributed by atoms with E-state index < -0.39 is 29.2 Å². The van der Waals surface area contributed by atoms with Crippen LogP contribution in [-0.2, 0) is 11.0 Å². The van der Waals surface area contributed by atoms with Crippen LogP contribution in [0.4, 0.5) is 23.2 Å². The smallest absolute Gasteiger partial charge is 0.325 e. The Labute approximate surface area is 181 Å². The molecule has 2 aromatic carbocycles. The van der Waals surface area contributed by atoms with Gasteiger partial charge in [-0.1, -0.05) is 23.9 Å². The third kappa shape index (κ3) is 4.64. The molecule has 2 aromatic heterocycles. The number of rotatable bonds is 5. The number of hydrogen-bond acceptors (Lipinski definition) is 5.